The van der Waals surface area contributed by atoms with Gasteiger partial charge in [0.05, 0.1) is 16.3 Å². The number of hydrogen-bond donors (Lipinski definition) is 1. The summed E-state index contributed by atoms with van der Waals surface area (Å²) >= 11 is 3.51. The van der Waals surface area contributed by atoms with Crippen LogP contribution in [0, 0.1) is 21.8 Å². The number of carbonyl (C=O) groups is 1. The van der Waals surface area contributed by atoms with E-state index in [0.29, 0.717) is 41.4 Å². The molecule has 0 atom stereocenters. The second-order valence-corrected chi connectivity index (χ2v) is 11.7. The lowest BCUT2D eigenvalue weighted by Crippen LogP contribution is -2.35. The Morgan fingerprint density at radius 1 is 1.08 bits per heavy atom. The summed E-state index contributed by atoms with van der Waals surface area (Å²) in [7, 11) is 1.57. The van der Waals surface area contributed by atoms with Crippen molar-refractivity contribution in [2.24, 2.45) is 16.0 Å². The molecule has 0 aromatic heterocycles. The highest BCUT2D eigenvalue weighted by Crippen LogP contribution is 2.36. The molecule has 1 amide bonds. The van der Waals surface area contributed by atoms with E-state index in [4.69, 9.17) is 19.6 Å². The number of rotatable bonds is 9. The summed E-state index contributed by atoms with van der Waals surface area (Å²) in [5, 5.41) is 15.7. The van der Waals surface area contributed by atoms with E-state index in [2.05, 4.69) is 64.7 Å². The molecule has 4 rings (SSSR count). The van der Waals surface area contributed by atoms with E-state index in [9.17, 15) is 4.79 Å². The van der Waals surface area contributed by atoms with Gasteiger partial charge in [-0.05, 0) is 88.2 Å². The molecule has 2 aliphatic rings. The molecule has 0 saturated heterocycles. The highest BCUT2D eigenvalue weighted by atomic mass is 127. The molecule has 0 saturated carbocycles. The maximum Gasteiger partial charge on any atom is 0.283 e. The van der Waals surface area contributed by atoms with Crippen LogP contribution in [-0.2, 0) is 4.79 Å². The number of nitrogens with one attached hydrogen (secondary N) is 1. The summed E-state index contributed by atoms with van der Waals surface area (Å²) in [5.41, 5.74) is 3.18. The van der Waals surface area contributed by atoms with E-state index >= 15 is 0 Å². The van der Waals surface area contributed by atoms with Crippen LogP contribution in [0.15, 0.2) is 46.0 Å². The number of amides is 1. The van der Waals surface area contributed by atoms with Gasteiger partial charge in [0.1, 0.15) is 24.0 Å². The van der Waals surface area contributed by atoms with Gasteiger partial charge in [-0.3, -0.25) is 10.2 Å². The molecule has 0 fully saturated rings. The zero-order valence-corrected chi connectivity index (χ0v) is 25.3. The Morgan fingerprint density at radius 3 is 2.50 bits per heavy atom. The predicted molar refractivity (Wildman–Crippen MR) is 162 cm³/mol. The number of aryl methyl sites for hydroxylation is 1. The normalized spacial score (nSPS) is 16.2. The monoisotopic (exact) mass is 646 g/mol. The van der Waals surface area contributed by atoms with Crippen molar-refractivity contribution in [3.63, 3.8) is 0 Å². The van der Waals surface area contributed by atoms with E-state index in [1.54, 1.807) is 19.3 Å². The first-order valence-corrected chi connectivity index (χ1v) is 14.2. The third-order valence-electron chi connectivity index (χ3n) is 5.91. The van der Waals surface area contributed by atoms with Crippen LogP contribution in [0.1, 0.15) is 50.3 Å². The lowest BCUT2D eigenvalue weighted by Gasteiger charge is -2.20. The van der Waals surface area contributed by atoms with Crippen molar-refractivity contribution in [2.75, 3.05) is 20.3 Å². The fourth-order valence-electron chi connectivity index (χ4n) is 3.91. The van der Waals surface area contributed by atoms with Gasteiger partial charge in [-0.15, -0.1) is 0 Å². The number of carbonyl (C=O) groups excluding carboxylic acids is 1. The Hall–Kier alpha value is -2.86. The van der Waals surface area contributed by atoms with Crippen molar-refractivity contribution in [3.8, 4) is 17.2 Å². The maximum absolute atomic E-state index is 12.8. The van der Waals surface area contributed by atoms with E-state index in [0.717, 1.165) is 25.5 Å². The smallest absolute Gasteiger partial charge is 0.283 e. The Bertz CT molecular complexity index is 1370. The lowest BCUT2D eigenvalue weighted by atomic mass is 10.0. The van der Waals surface area contributed by atoms with Crippen molar-refractivity contribution < 1.29 is 19.0 Å². The molecule has 2 aliphatic heterocycles. The van der Waals surface area contributed by atoms with Crippen molar-refractivity contribution in [3.05, 3.63) is 56.2 Å². The molecule has 1 N–H and O–H groups in total. The van der Waals surface area contributed by atoms with Gasteiger partial charge in [-0.1, -0.05) is 39.8 Å². The number of fused-ring (bicyclic) bond motifs is 1. The number of benzene rings is 2. The number of methoxy groups -OCH3 is 1. The number of nitrogens with zero attached hydrogens (tertiary/aromatic N) is 3. The molecule has 0 bridgehead atoms. The highest BCUT2D eigenvalue weighted by Gasteiger charge is 2.36. The van der Waals surface area contributed by atoms with Gasteiger partial charge in [0.15, 0.2) is 17.3 Å². The highest BCUT2D eigenvalue weighted by molar-refractivity contribution is 14.1. The Balaban J connectivity index is 1.49. The zero-order valence-electron chi connectivity index (χ0n) is 22.3. The first kappa shape index (κ1) is 28.2. The summed E-state index contributed by atoms with van der Waals surface area (Å²) in [6.07, 6.45) is 1.64. The van der Waals surface area contributed by atoms with E-state index in [-0.39, 0.29) is 17.3 Å². The maximum atomic E-state index is 12.8. The number of thioether (sulfide) groups is 1. The van der Waals surface area contributed by atoms with E-state index < -0.39 is 5.91 Å². The minimum atomic E-state index is -0.461. The Morgan fingerprint density at radius 2 is 1.82 bits per heavy atom. The minimum Gasteiger partial charge on any atom is -0.493 e. The SMILES string of the molecule is COc1cc(/C=C2/C(=N)N3N=C(C(C)C)SC3=NC2=O)cc(I)c1OCCOc1cc(C)ccc1C(C)C. The van der Waals surface area contributed by atoms with Crippen LogP contribution >= 0.6 is 34.4 Å². The Labute approximate surface area is 241 Å². The third kappa shape index (κ3) is 6.06. The largest absolute Gasteiger partial charge is 0.493 e. The number of hydrogen-bond acceptors (Lipinski definition) is 7. The van der Waals surface area contributed by atoms with Crippen LogP contribution in [0.2, 0.25) is 0 Å². The molecule has 38 heavy (non-hydrogen) atoms. The van der Waals surface area contributed by atoms with Gasteiger partial charge >= 0.3 is 0 Å². The topological polar surface area (TPSA) is 96.6 Å². The number of halogens is 1. The van der Waals surface area contributed by atoms with Gasteiger partial charge in [0.25, 0.3) is 5.91 Å². The fourth-order valence-corrected chi connectivity index (χ4v) is 5.58. The second kappa shape index (κ2) is 11.9. The molecule has 8 nitrogen and oxygen atoms in total. The van der Waals surface area contributed by atoms with Crippen molar-refractivity contribution in [2.45, 2.75) is 40.5 Å². The van der Waals surface area contributed by atoms with E-state index in [1.165, 1.54) is 16.8 Å². The molecule has 0 aliphatic carbocycles. The molecule has 0 unspecified atom stereocenters. The van der Waals surface area contributed by atoms with Crippen LogP contribution in [0.4, 0.5) is 0 Å². The summed E-state index contributed by atoms with van der Waals surface area (Å²) in [4.78, 5) is 16.9. The zero-order chi connectivity index (χ0) is 27.6. The number of amidine groups is 2. The first-order valence-electron chi connectivity index (χ1n) is 12.3. The molecule has 2 heterocycles. The Kier molecular flexibility index (Phi) is 8.81. The molecule has 200 valence electrons. The van der Waals surface area contributed by atoms with Gasteiger partial charge in [0.2, 0.25) is 5.17 Å². The number of hydrazone groups is 1. The van der Waals surface area contributed by atoms with Gasteiger partial charge in [0, 0.05) is 5.92 Å². The van der Waals surface area contributed by atoms with Crippen molar-refractivity contribution in [1.82, 2.24) is 5.01 Å². The number of aliphatic imine (C=N–C) groups is 1. The van der Waals surface area contributed by atoms with Crippen molar-refractivity contribution in [1.29, 1.82) is 5.41 Å². The van der Waals surface area contributed by atoms with E-state index in [1.807, 2.05) is 26.8 Å². The van der Waals surface area contributed by atoms with Crippen LogP contribution in [0.5, 0.6) is 17.2 Å². The molecule has 2 aromatic rings. The summed E-state index contributed by atoms with van der Waals surface area (Å²) in [5.74, 6) is 2.08. The number of ether oxygens (including phenoxy) is 3. The summed E-state index contributed by atoms with van der Waals surface area (Å²) in [6.45, 7) is 11.1. The van der Waals surface area contributed by atoms with Crippen LogP contribution in [-0.4, -0.2) is 47.3 Å². The van der Waals surface area contributed by atoms with Crippen LogP contribution in [0.3, 0.4) is 0 Å². The predicted octanol–water partition coefficient (Wildman–Crippen LogP) is 6.46. The van der Waals surface area contributed by atoms with Crippen LogP contribution in [0.25, 0.3) is 6.08 Å². The average molecular weight is 647 g/mol. The summed E-state index contributed by atoms with van der Waals surface area (Å²) < 4.78 is 18.5. The molecule has 0 spiro atoms. The van der Waals surface area contributed by atoms with Gasteiger partial charge < -0.3 is 14.2 Å². The fraction of sp³-hybridized carbons (Fsp3) is 0.357. The quantitative estimate of drug-likeness (QED) is 0.191. The molecular weight excluding hydrogens is 615 g/mol. The van der Waals surface area contributed by atoms with Gasteiger partial charge in [-0.2, -0.15) is 15.1 Å². The molecular formula is C28H31IN4O4S. The standard InChI is InChI=1S/C28H31IN4O4S/c1-15(2)19-8-7-17(5)11-22(19)36-9-10-37-24-21(29)13-18(14-23(24)35-6)12-20-25(30)33-28(31-26(20)34)38-27(32-33)16(3)4/h7-8,11-16,30H,9-10H2,1-6H3/b20-12-,30-25?. The first-order chi connectivity index (χ1) is 18.1. The van der Waals surface area contributed by atoms with Crippen LogP contribution < -0.4 is 14.2 Å². The molecule has 0 radical (unpaired) electrons. The lowest BCUT2D eigenvalue weighted by molar-refractivity contribution is -0.114. The van der Waals surface area contributed by atoms with Gasteiger partial charge in [-0.25, -0.2) is 0 Å². The second-order valence-electron chi connectivity index (χ2n) is 9.54. The average Bonchev–Trinajstić information content (AvgIpc) is 3.29. The minimum absolute atomic E-state index is 0.00603. The van der Waals surface area contributed by atoms with Crippen molar-refractivity contribution >= 4 is 62.4 Å². The third-order valence-corrected chi connectivity index (χ3v) is 7.92. The molecule has 2 aromatic carbocycles. The molecule has 10 heteroatoms. The summed E-state index contributed by atoms with van der Waals surface area (Å²) in [6, 6.07) is 9.91.